The lowest BCUT2D eigenvalue weighted by molar-refractivity contribution is -0.680. The molecule has 0 atom stereocenters. The molecule has 0 saturated heterocycles. The van der Waals surface area contributed by atoms with Crippen molar-refractivity contribution >= 4 is 14.3 Å². The number of nitrogens with one attached hydrogen (secondary N) is 1. The highest BCUT2D eigenvalue weighted by atomic mass is 28.4. The number of hydrogen-bond donors (Lipinski definition) is 1. The van der Waals surface area contributed by atoms with Gasteiger partial charge >= 0.3 is 14.3 Å². The smallest absolute Gasteiger partial charge is 0.366 e. The number of nitrogens with zero attached hydrogens (tertiary/aromatic N) is 1. The molecule has 0 unspecified atom stereocenters. The molecule has 0 fully saturated rings. The van der Waals surface area contributed by atoms with Crippen LogP contribution in [0.4, 0.5) is 0 Å². The summed E-state index contributed by atoms with van der Waals surface area (Å²) in [4.78, 5) is 3.24. The Kier molecular flexibility index (Phi) is 6.55. The molecule has 0 bridgehead atoms. The van der Waals surface area contributed by atoms with Crippen molar-refractivity contribution in [1.29, 1.82) is 0 Å². The molecule has 104 valence electrons. The maximum absolute atomic E-state index is 5.88. The number of aromatic nitrogens is 2. The molecule has 0 spiro atoms. The molecule has 0 aliphatic heterocycles. The maximum Gasteiger partial charge on any atom is 0.626 e. The van der Waals surface area contributed by atoms with Gasteiger partial charge < -0.3 is 13.3 Å². The number of imidazole rings is 1. The lowest BCUT2D eigenvalue weighted by atomic mass is 10.5. The summed E-state index contributed by atoms with van der Waals surface area (Å²) in [6, 6.07) is 0. The van der Waals surface area contributed by atoms with Crippen LogP contribution in [0.5, 0.6) is 0 Å². The van der Waals surface area contributed by atoms with Crippen LogP contribution in [0.1, 0.15) is 34.1 Å². The number of rotatable bonds is 9. The molecule has 6 heteroatoms. The minimum absolute atomic E-state index is 0.581. The summed E-state index contributed by atoms with van der Waals surface area (Å²) in [5.74, 6) is 0. The van der Waals surface area contributed by atoms with Crippen molar-refractivity contribution in [2.45, 2.75) is 40.7 Å². The third-order valence-corrected chi connectivity index (χ3v) is 5.54. The van der Waals surface area contributed by atoms with Crippen molar-refractivity contribution in [3.05, 3.63) is 12.4 Å². The second-order valence-corrected chi connectivity index (χ2v) is 6.31. The summed E-state index contributed by atoms with van der Waals surface area (Å²) in [5, 5.41) is 0. The normalized spacial score (nSPS) is 12.0. The molecule has 0 radical (unpaired) electrons. The Morgan fingerprint density at radius 1 is 1.06 bits per heavy atom. The average Bonchev–Trinajstić information content (AvgIpc) is 2.79. The van der Waals surface area contributed by atoms with Crippen LogP contribution in [0.15, 0.2) is 12.4 Å². The molecule has 18 heavy (non-hydrogen) atoms. The molecule has 0 aromatic carbocycles. The quantitative estimate of drug-likeness (QED) is 0.539. The molecular weight excluding hydrogens is 248 g/mol. The van der Waals surface area contributed by atoms with Gasteiger partial charge in [-0.25, -0.2) is 9.55 Å². The molecule has 1 aromatic rings. The number of H-pyrrole nitrogens is 1. The van der Waals surface area contributed by atoms with Gasteiger partial charge in [0.25, 0.3) is 0 Å². The van der Waals surface area contributed by atoms with Crippen LogP contribution in [0.3, 0.4) is 0 Å². The van der Waals surface area contributed by atoms with Crippen LogP contribution in [0.25, 0.3) is 0 Å². The van der Waals surface area contributed by atoms with E-state index in [1.807, 2.05) is 33.2 Å². The summed E-state index contributed by atoms with van der Waals surface area (Å²) in [6.45, 7) is 10.7. The van der Waals surface area contributed by atoms with Gasteiger partial charge in [-0.2, -0.15) is 0 Å². The monoisotopic (exact) mass is 273 g/mol. The Morgan fingerprint density at radius 2 is 1.61 bits per heavy atom. The van der Waals surface area contributed by atoms with Crippen molar-refractivity contribution in [2.24, 2.45) is 0 Å². The van der Waals surface area contributed by atoms with E-state index in [-0.39, 0.29) is 0 Å². The minimum atomic E-state index is -2.79. The number of hydrogen-bond acceptors (Lipinski definition) is 3. The zero-order valence-corrected chi connectivity index (χ0v) is 12.9. The van der Waals surface area contributed by atoms with E-state index in [0.717, 1.165) is 18.4 Å². The summed E-state index contributed by atoms with van der Waals surface area (Å²) >= 11 is 0. The molecule has 5 nitrogen and oxygen atoms in total. The minimum Gasteiger partial charge on any atom is -0.366 e. The molecule has 1 N–H and O–H groups in total. The van der Waals surface area contributed by atoms with E-state index in [1.165, 1.54) is 0 Å². The van der Waals surface area contributed by atoms with Gasteiger partial charge in [-0.1, -0.05) is 6.92 Å². The van der Waals surface area contributed by atoms with Gasteiger partial charge in [0, 0.05) is 19.8 Å². The molecular formula is C12H25N2O3Si+. The van der Waals surface area contributed by atoms with Crippen LogP contribution >= 0.6 is 0 Å². The van der Waals surface area contributed by atoms with E-state index < -0.39 is 8.80 Å². The highest BCUT2D eigenvalue weighted by Gasteiger charge is 2.53. The van der Waals surface area contributed by atoms with Crippen molar-refractivity contribution in [1.82, 2.24) is 4.98 Å². The maximum atomic E-state index is 5.88. The summed E-state index contributed by atoms with van der Waals surface area (Å²) < 4.78 is 19.8. The SMILES string of the molecule is CCC[n+]1cc[nH]c1[Si](OCC)(OCC)OCC. The fourth-order valence-electron chi connectivity index (χ4n) is 1.96. The van der Waals surface area contributed by atoms with Gasteiger partial charge in [0.2, 0.25) is 0 Å². The predicted molar refractivity (Wildman–Crippen MR) is 71.5 cm³/mol. The van der Waals surface area contributed by atoms with E-state index in [1.54, 1.807) is 0 Å². The van der Waals surface area contributed by atoms with Gasteiger partial charge in [-0.15, -0.1) is 0 Å². The highest BCUT2D eigenvalue weighted by Crippen LogP contribution is 2.08. The lowest BCUT2D eigenvalue weighted by Gasteiger charge is -2.24. The molecule has 1 aromatic heterocycles. The molecule has 1 heterocycles. The zero-order chi connectivity index (χ0) is 13.4. The summed E-state index contributed by atoms with van der Waals surface area (Å²) in [7, 11) is -2.79. The first-order chi connectivity index (χ1) is 8.74. The fourth-order valence-corrected chi connectivity index (χ4v) is 4.55. The Balaban J connectivity index is 3.08. The van der Waals surface area contributed by atoms with Crippen LogP contribution in [-0.4, -0.2) is 33.6 Å². The lowest BCUT2D eigenvalue weighted by Crippen LogP contribution is -2.68. The van der Waals surface area contributed by atoms with Crippen molar-refractivity contribution in [3.8, 4) is 0 Å². The van der Waals surface area contributed by atoms with E-state index in [9.17, 15) is 0 Å². The molecule has 0 saturated carbocycles. The molecule has 0 aliphatic rings. The van der Waals surface area contributed by atoms with Crippen LogP contribution in [0, 0.1) is 0 Å². The van der Waals surface area contributed by atoms with Crippen molar-refractivity contribution < 1.29 is 17.8 Å². The number of aryl methyl sites for hydroxylation is 1. The van der Waals surface area contributed by atoms with Crippen LogP contribution in [-0.2, 0) is 19.8 Å². The van der Waals surface area contributed by atoms with Crippen LogP contribution < -0.4 is 10.0 Å². The Labute approximate surface area is 110 Å². The Morgan fingerprint density at radius 3 is 2.06 bits per heavy atom. The average molecular weight is 273 g/mol. The molecule has 0 amide bonds. The first-order valence-corrected chi connectivity index (χ1v) is 8.45. The second kappa shape index (κ2) is 7.68. The van der Waals surface area contributed by atoms with Crippen LogP contribution in [0.2, 0.25) is 0 Å². The van der Waals surface area contributed by atoms with Gasteiger partial charge in [-0.05, 0) is 27.2 Å². The van der Waals surface area contributed by atoms with Gasteiger partial charge in [-0.3, -0.25) is 0 Å². The third kappa shape index (κ3) is 3.41. The number of aromatic amines is 1. The standard InChI is InChI=1S/C12H24N2O3Si/c1-5-10-14-11-9-13-12(14)18(15-6-2,16-7-3)17-8-4/h9,11H,5-8,10H2,1-4H3/p+1. The van der Waals surface area contributed by atoms with Crippen molar-refractivity contribution in [2.75, 3.05) is 19.8 Å². The topological polar surface area (TPSA) is 47.4 Å². The highest BCUT2D eigenvalue weighted by molar-refractivity contribution is 6.73. The first-order valence-electron chi connectivity index (χ1n) is 6.73. The van der Waals surface area contributed by atoms with E-state index >= 15 is 0 Å². The summed E-state index contributed by atoms with van der Waals surface area (Å²) in [6.07, 6.45) is 4.98. The zero-order valence-electron chi connectivity index (χ0n) is 11.9. The van der Waals surface area contributed by atoms with Gasteiger partial charge in [0.15, 0.2) is 0 Å². The fraction of sp³-hybridized carbons (Fsp3) is 0.750. The van der Waals surface area contributed by atoms with Gasteiger partial charge in [0.05, 0.1) is 6.54 Å². The molecule has 1 rings (SSSR count). The first kappa shape index (κ1) is 15.4. The summed E-state index contributed by atoms with van der Waals surface area (Å²) in [5.41, 5.74) is 0.940. The Hall–Kier alpha value is -0.693. The van der Waals surface area contributed by atoms with Crippen molar-refractivity contribution in [3.63, 3.8) is 0 Å². The van der Waals surface area contributed by atoms with E-state index in [2.05, 4.69) is 16.5 Å². The van der Waals surface area contributed by atoms with E-state index in [4.69, 9.17) is 13.3 Å². The largest absolute Gasteiger partial charge is 0.626 e. The van der Waals surface area contributed by atoms with E-state index in [0.29, 0.717) is 19.8 Å². The molecule has 0 aliphatic carbocycles. The second-order valence-electron chi connectivity index (χ2n) is 3.86. The Bertz CT molecular complexity index is 327. The third-order valence-electron chi connectivity index (χ3n) is 2.52. The van der Waals surface area contributed by atoms with Gasteiger partial charge in [0.1, 0.15) is 12.4 Å². The predicted octanol–water partition coefficient (Wildman–Crippen LogP) is 0.968.